The van der Waals surface area contributed by atoms with Crippen molar-refractivity contribution in [2.75, 3.05) is 33.3 Å². The monoisotopic (exact) mass is 383 g/mol. The lowest BCUT2D eigenvalue weighted by atomic mass is 10.0. The van der Waals surface area contributed by atoms with E-state index < -0.39 is 0 Å². The largest absolute Gasteiger partial charge is 0.493 e. The number of guanidine groups is 1. The predicted octanol–water partition coefficient (Wildman–Crippen LogP) is 3.06. The third-order valence-electron chi connectivity index (χ3n) is 5.10. The van der Waals surface area contributed by atoms with E-state index in [2.05, 4.69) is 64.6 Å². The zero-order valence-corrected chi connectivity index (χ0v) is 17.6. The quantitative estimate of drug-likeness (QED) is 0.590. The third kappa shape index (κ3) is 5.50. The Hall–Kier alpha value is -2.50. The average Bonchev–Trinajstić information content (AvgIpc) is 3.33. The van der Waals surface area contributed by atoms with Crippen LogP contribution in [0.15, 0.2) is 41.7 Å². The Bertz CT molecular complexity index is 765. The Labute approximate surface area is 168 Å². The Morgan fingerprint density at radius 2 is 2.11 bits per heavy atom. The molecular formula is C22H33N5O. The normalized spacial score (nSPS) is 17.4. The van der Waals surface area contributed by atoms with Gasteiger partial charge in [-0.1, -0.05) is 26.0 Å². The molecule has 1 saturated heterocycles. The first-order valence-electron chi connectivity index (χ1n) is 10.2. The second-order valence-electron chi connectivity index (χ2n) is 7.95. The predicted molar refractivity (Wildman–Crippen MR) is 114 cm³/mol. The topological polar surface area (TPSA) is 54.7 Å². The molecule has 1 aliphatic heterocycles. The van der Waals surface area contributed by atoms with Gasteiger partial charge < -0.3 is 15.0 Å². The molecule has 0 aliphatic carbocycles. The van der Waals surface area contributed by atoms with Crippen molar-refractivity contribution in [3.05, 3.63) is 47.8 Å². The van der Waals surface area contributed by atoms with Gasteiger partial charge in [0.1, 0.15) is 5.75 Å². The zero-order chi connectivity index (χ0) is 19.9. The van der Waals surface area contributed by atoms with Gasteiger partial charge in [0.05, 0.1) is 12.8 Å². The van der Waals surface area contributed by atoms with E-state index in [1.165, 1.54) is 11.1 Å². The molecule has 152 valence electrons. The first-order chi connectivity index (χ1) is 13.5. The van der Waals surface area contributed by atoms with Gasteiger partial charge in [-0.15, -0.1) is 0 Å². The number of likely N-dealkylation sites (tertiary alicyclic amines) is 1. The van der Waals surface area contributed by atoms with Gasteiger partial charge >= 0.3 is 0 Å². The van der Waals surface area contributed by atoms with Gasteiger partial charge in [0.15, 0.2) is 5.96 Å². The zero-order valence-electron chi connectivity index (χ0n) is 17.6. The number of nitrogens with one attached hydrogen (secondary N) is 1. The van der Waals surface area contributed by atoms with Crippen molar-refractivity contribution in [2.24, 2.45) is 18.0 Å². The van der Waals surface area contributed by atoms with E-state index >= 15 is 0 Å². The van der Waals surface area contributed by atoms with Crippen molar-refractivity contribution in [2.45, 2.75) is 32.6 Å². The first kappa shape index (κ1) is 20.2. The van der Waals surface area contributed by atoms with Crippen LogP contribution in [0.3, 0.4) is 0 Å². The summed E-state index contributed by atoms with van der Waals surface area (Å²) in [6, 6.07) is 8.42. The number of aryl methyl sites for hydroxylation is 1. The molecule has 2 heterocycles. The van der Waals surface area contributed by atoms with Gasteiger partial charge in [0, 0.05) is 45.8 Å². The molecule has 6 nitrogen and oxygen atoms in total. The molecule has 0 bridgehead atoms. The van der Waals surface area contributed by atoms with Crippen LogP contribution in [-0.4, -0.2) is 53.9 Å². The SMILES string of the molecule is CN=C(NCCc1ccc(OCC(C)C)cc1)N1CCC(c2cnn(C)c2)C1. The molecule has 3 rings (SSSR count). The van der Waals surface area contributed by atoms with E-state index in [9.17, 15) is 0 Å². The summed E-state index contributed by atoms with van der Waals surface area (Å²) in [5.41, 5.74) is 2.62. The van der Waals surface area contributed by atoms with Crippen LogP contribution in [-0.2, 0) is 13.5 Å². The van der Waals surface area contributed by atoms with Crippen LogP contribution in [0.5, 0.6) is 5.75 Å². The molecule has 28 heavy (non-hydrogen) atoms. The summed E-state index contributed by atoms with van der Waals surface area (Å²) in [7, 11) is 3.83. The van der Waals surface area contributed by atoms with Crippen molar-refractivity contribution in [3.63, 3.8) is 0 Å². The smallest absolute Gasteiger partial charge is 0.193 e. The molecule has 0 amide bonds. The van der Waals surface area contributed by atoms with E-state index in [1.807, 2.05) is 25.0 Å². The van der Waals surface area contributed by atoms with Crippen molar-refractivity contribution in [1.82, 2.24) is 20.0 Å². The minimum absolute atomic E-state index is 0.533. The summed E-state index contributed by atoms with van der Waals surface area (Å²) < 4.78 is 7.63. The maximum atomic E-state index is 5.75. The summed E-state index contributed by atoms with van der Waals surface area (Å²) in [4.78, 5) is 6.83. The van der Waals surface area contributed by atoms with Gasteiger partial charge in [-0.2, -0.15) is 5.10 Å². The number of aliphatic imine (C=N–C) groups is 1. The van der Waals surface area contributed by atoms with E-state index in [0.717, 1.165) is 50.8 Å². The van der Waals surface area contributed by atoms with E-state index in [4.69, 9.17) is 4.74 Å². The van der Waals surface area contributed by atoms with Gasteiger partial charge in [-0.25, -0.2) is 0 Å². The minimum Gasteiger partial charge on any atom is -0.493 e. The van der Waals surface area contributed by atoms with Crippen molar-refractivity contribution < 1.29 is 4.74 Å². The summed E-state index contributed by atoms with van der Waals surface area (Å²) in [6.45, 7) is 7.97. The van der Waals surface area contributed by atoms with Crippen LogP contribution >= 0.6 is 0 Å². The highest BCUT2D eigenvalue weighted by Crippen LogP contribution is 2.26. The minimum atomic E-state index is 0.533. The van der Waals surface area contributed by atoms with Crippen LogP contribution in [0.4, 0.5) is 0 Å². The summed E-state index contributed by atoms with van der Waals surface area (Å²) in [6.07, 6.45) is 6.21. The maximum Gasteiger partial charge on any atom is 0.193 e. The summed E-state index contributed by atoms with van der Waals surface area (Å²) >= 11 is 0. The number of hydrogen-bond acceptors (Lipinski definition) is 3. The molecule has 0 spiro atoms. The van der Waals surface area contributed by atoms with E-state index in [1.54, 1.807) is 0 Å². The number of rotatable bonds is 7. The molecule has 1 N–H and O–H groups in total. The maximum absolute atomic E-state index is 5.75. The average molecular weight is 384 g/mol. The van der Waals surface area contributed by atoms with Crippen LogP contribution in [0.25, 0.3) is 0 Å². The third-order valence-corrected chi connectivity index (χ3v) is 5.10. The van der Waals surface area contributed by atoms with Gasteiger partial charge in [0.25, 0.3) is 0 Å². The second kappa shape index (κ2) is 9.62. The summed E-state index contributed by atoms with van der Waals surface area (Å²) in [5, 5.41) is 7.82. The van der Waals surface area contributed by atoms with Crippen molar-refractivity contribution in [1.29, 1.82) is 0 Å². The van der Waals surface area contributed by atoms with Gasteiger partial charge in [-0.3, -0.25) is 9.67 Å². The van der Waals surface area contributed by atoms with Crippen LogP contribution in [0.2, 0.25) is 0 Å². The number of ether oxygens (including phenoxy) is 1. The molecule has 1 fully saturated rings. The van der Waals surface area contributed by atoms with Crippen LogP contribution < -0.4 is 10.1 Å². The fraction of sp³-hybridized carbons (Fsp3) is 0.545. The number of hydrogen-bond donors (Lipinski definition) is 1. The lowest BCUT2D eigenvalue weighted by Crippen LogP contribution is -2.40. The van der Waals surface area contributed by atoms with E-state index in [0.29, 0.717) is 11.8 Å². The van der Waals surface area contributed by atoms with Crippen LogP contribution in [0.1, 0.15) is 37.3 Å². The Morgan fingerprint density at radius 1 is 1.32 bits per heavy atom. The molecule has 0 saturated carbocycles. The first-order valence-corrected chi connectivity index (χ1v) is 10.2. The van der Waals surface area contributed by atoms with Crippen molar-refractivity contribution >= 4 is 5.96 Å². The molecular weight excluding hydrogens is 350 g/mol. The molecule has 1 aromatic carbocycles. The van der Waals surface area contributed by atoms with Gasteiger partial charge in [0.2, 0.25) is 0 Å². The number of aromatic nitrogens is 2. The fourth-order valence-corrected chi connectivity index (χ4v) is 3.54. The summed E-state index contributed by atoms with van der Waals surface area (Å²) in [5.74, 6) is 3.01. The van der Waals surface area contributed by atoms with E-state index in [-0.39, 0.29) is 0 Å². The lowest BCUT2D eigenvalue weighted by Gasteiger charge is -2.21. The highest BCUT2D eigenvalue weighted by atomic mass is 16.5. The molecule has 6 heteroatoms. The number of nitrogens with zero attached hydrogens (tertiary/aromatic N) is 4. The molecule has 1 unspecified atom stereocenters. The fourth-order valence-electron chi connectivity index (χ4n) is 3.54. The standard InChI is InChI=1S/C22H33N5O/c1-17(2)16-28-21-7-5-18(6-8-21)9-11-24-22(23-3)27-12-10-19(15-27)20-13-25-26(4)14-20/h5-8,13-14,17,19H,9-12,15-16H2,1-4H3,(H,23,24). The molecule has 2 aromatic rings. The van der Waals surface area contributed by atoms with Crippen LogP contribution in [0, 0.1) is 5.92 Å². The molecule has 1 aliphatic rings. The highest BCUT2D eigenvalue weighted by Gasteiger charge is 2.26. The highest BCUT2D eigenvalue weighted by molar-refractivity contribution is 5.80. The lowest BCUT2D eigenvalue weighted by molar-refractivity contribution is 0.271. The Morgan fingerprint density at radius 3 is 2.75 bits per heavy atom. The molecule has 1 atom stereocenters. The van der Waals surface area contributed by atoms with Crippen molar-refractivity contribution in [3.8, 4) is 5.75 Å². The second-order valence-corrected chi connectivity index (χ2v) is 7.95. The Kier molecular flexibility index (Phi) is 6.95. The molecule has 1 aromatic heterocycles. The molecule has 0 radical (unpaired) electrons. The Balaban J connectivity index is 1.44. The number of benzene rings is 1. The van der Waals surface area contributed by atoms with Gasteiger partial charge in [-0.05, 0) is 42.0 Å².